The highest BCUT2D eigenvalue weighted by atomic mass is 32.2. The molecule has 0 heterocycles. The third-order valence-electron chi connectivity index (χ3n) is 2.81. The van der Waals surface area contributed by atoms with Gasteiger partial charge in [0.1, 0.15) is 5.41 Å². The summed E-state index contributed by atoms with van der Waals surface area (Å²) >= 11 is 1.70. The zero-order valence-corrected chi connectivity index (χ0v) is 10.8. The standard InChI is InChI=1S/C11H20N2OS/c1-5-11(6-2,8-12)10(14)13-7-9(3)15-4/h9H,5-7H2,1-4H3,(H,13,14). The van der Waals surface area contributed by atoms with Crippen LogP contribution in [0.4, 0.5) is 0 Å². The Morgan fingerprint density at radius 2 is 2.07 bits per heavy atom. The largest absolute Gasteiger partial charge is 0.354 e. The number of hydrogen-bond acceptors (Lipinski definition) is 3. The predicted molar refractivity (Wildman–Crippen MR) is 64.6 cm³/mol. The summed E-state index contributed by atoms with van der Waals surface area (Å²) in [5.41, 5.74) is -0.835. The van der Waals surface area contributed by atoms with E-state index >= 15 is 0 Å². The van der Waals surface area contributed by atoms with E-state index in [2.05, 4.69) is 18.3 Å². The van der Waals surface area contributed by atoms with Crippen molar-refractivity contribution in [3.63, 3.8) is 0 Å². The molecule has 0 aliphatic carbocycles. The number of nitrogens with zero attached hydrogens (tertiary/aromatic N) is 1. The summed E-state index contributed by atoms with van der Waals surface area (Å²) < 4.78 is 0. The molecule has 86 valence electrons. The molecule has 0 bridgehead atoms. The molecule has 0 fully saturated rings. The number of rotatable bonds is 6. The molecule has 1 atom stereocenters. The monoisotopic (exact) mass is 228 g/mol. The molecular weight excluding hydrogens is 208 g/mol. The lowest BCUT2D eigenvalue weighted by molar-refractivity contribution is -0.128. The molecule has 0 aromatic rings. The van der Waals surface area contributed by atoms with Gasteiger partial charge in [-0.15, -0.1) is 0 Å². The van der Waals surface area contributed by atoms with Crippen LogP contribution in [0.1, 0.15) is 33.6 Å². The van der Waals surface area contributed by atoms with Crippen LogP contribution >= 0.6 is 11.8 Å². The van der Waals surface area contributed by atoms with Crippen LogP contribution in [-0.4, -0.2) is 24.0 Å². The Kier molecular flexibility index (Phi) is 6.42. The van der Waals surface area contributed by atoms with Crippen molar-refractivity contribution in [2.24, 2.45) is 5.41 Å². The second-order valence-electron chi connectivity index (χ2n) is 3.66. The van der Waals surface area contributed by atoms with Crippen molar-refractivity contribution < 1.29 is 4.79 Å². The molecule has 15 heavy (non-hydrogen) atoms. The first-order valence-corrected chi connectivity index (χ1v) is 6.57. The molecule has 3 nitrogen and oxygen atoms in total. The Labute approximate surface area is 96.6 Å². The molecule has 0 aromatic carbocycles. The Balaban J connectivity index is 4.36. The van der Waals surface area contributed by atoms with Gasteiger partial charge in [-0.3, -0.25) is 4.79 Å². The zero-order chi connectivity index (χ0) is 11.9. The van der Waals surface area contributed by atoms with Crippen molar-refractivity contribution in [1.82, 2.24) is 5.32 Å². The van der Waals surface area contributed by atoms with E-state index in [-0.39, 0.29) is 5.91 Å². The van der Waals surface area contributed by atoms with Crippen LogP contribution in [0.25, 0.3) is 0 Å². The highest BCUT2D eigenvalue weighted by Crippen LogP contribution is 2.25. The molecule has 1 unspecified atom stereocenters. The number of carbonyl (C=O) groups is 1. The zero-order valence-electron chi connectivity index (χ0n) is 9.96. The van der Waals surface area contributed by atoms with Gasteiger partial charge in [-0.05, 0) is 19.1 Å². The van der Waals surface area contributed by atoms with Gasteiger partial charge < -0.3 is 5.32 Å². The van der Waals surface area contributed by atoms with E-state index in [1.807, 2.05) is 20.1 Å². The van der Waals surface area contributed by atoms with Gasteiger partial charge >= 0.3 is 0 Å². The van der Waals surface area contributed by atoms with Crippen LogP contribution in [0, 0.1) is 16.7 Å². The number of thioether (sulfide) groups is 1. The summed E-state index contributed by atoms with van der Waals surface area (Å²) in [6, 6.07) is 2.14. The summed E-state index contributed by atoms with van der Waals surface area (Å²) in [5.74, 6) is -0.129. The third-order valence-corrected chi connectivity index (χ3v) is 3.78. The van der Waals surface area contributed by atoms with E-state index in [9.17, 15) is 4.79 Å². The second-order valence-corrected chi connectivity index (χ2v) is 4.93. The molecule has 4 heteroatoms. The average molecular weight is 228 g/mol. The maximum absolute atomic E-state index is 11.8. The Hall–Kier alpha value is -0.690. The quantitative estimate of drug-likeness (QED) is 0.758. The first-order valence-electron chi connectivity index (χ1n) is 5.28. The minimum atomic E-state index is -0.835. The van der Waals surface area contributed by atoms with Crippen molar-refractivity contribution >= 4 is 17.7 Å². The van der Waals surface area contributed by atoms with Crippen molar-refractivity contribution in [3.05, 3.63) is 0 Å². The topological polar surface area (TPSA) is 52.9 Å². The molecule has 0 radical (unpaired) electrons. The SMILES string of the molecule is CCC(C#N)(CC)C(=O)NCC(C)SC. The summed E-state index contributed by atoms with van der Waals surface area (Å²) in [4.78, 5) is 11.8. The fourth-order valence-electron chi connectivity index (χ4n) is 1.27. The van der Waals surface area contributed by atoms with Crippen LogP contribution < -0.4 is 5.32 Å². The van der Waals surface area contributed by atoms with Gasteiger partial charge in [0.15, 0.2) is 0 Å². The van der Waals surface area contributed by atoms with E-state index in [0.29, 0.717) is 24.6 Å². The van der Waals surface area contributed by atoms with E-state index in [4.69, 9.17) is 5.26 Å². The van der Waals surface area contributed by atoms with Gasteiger partial charge in [-0.25, -0.2) is 0 Å². The molecule has 1 amide bonds. The molecule has 0 aromatic heterocycles. The summed E-state index contributed by atoms with van der Waals surface area (Å²) in [5, 5.41) is 12.3. The maximum Gasteiger partial charge on any atom is 0.240 e. The lowest BCUT2D eigenvalue weighted by atomic mass is 9.83. The van der Waals surface area contributed by atoms with E-state index < -0.39 is 5.41 Å². The molecule has 1 N–H and O–H groups in total. The van der Waals surface area contributed by atoms with Crippen LogP contribution in [0.2, 0.25) is 0 Å². The van der Waals surface area contributed by atoms with Crippen molar-refractivity contribution in [3.8, 4) is 6.07 Å². The van der Waals surface area contributed by atoms with Gasteiger partial charge in [0.05, 0.1) is 6.07 Å². The first kappa shape index (κ1) is 14.3. The van der Waals surface area contributed by atoms with Gasteiger partial charge in [0.25, 0.3) is 0 Å². The molecular formula is C11H20N2OS. The minimum Gasteiger partial charge on any atom is -0.354 e. The maximum atomic E-state index is 11.8. The molecule has 0 rings (SSSR count). The smallest absolute Gasteiger partial charge is 0.240 e. The van der Waals surface area contributed by atoms with E-state index in [0.717, 1.165) is 0 Å². The highest BCUT2D eigenvalue weighted by Gasteiger charge is 2.34. The summed E-state index contributed by atoms with van der Waals surface area (Å²) in [7, 11) is 0. The van der Waals surface area contributed by atoms with E-state index in [1.54, 1.807) is 11.8 Å². The Morgan fingerprint density at radius 1 is 1.53 bits per heavy atom. The predicted octanol–water partition coefficient (Wildman–Crippen LogP) is 2.18. The lowest BCUT2D eigenvalue weighted by Gasteiger charge is -2.23. The molecule has 0 saturated heterocycles. The molecule has 0 aliphatic heterocycles. The fraction of sp³-hybridized carbons (Fsp3) is 0.818. The summed E-state index contributed by atoms with van der Waals surface area (Å²) in [6.07, 6.45) is 3.15. The van der Waals surface area contributed by atoms with Crippen LogP contribution in [0.15, 0.2) is 0 Å². The van der Waals surface area contributed by atoms with Crippen LogP contribution in [-0.2, 0) is 4.79 Å². The van der Waals surface area contributed by atoms with Gasteiger partial charge in [-0.2, -0.15) is 17.0 Å². The highest BCUT2D eigenvalue weighted by molar-refractivity contribution is 7.99. The number of nitrogens with one attached hydrogen (secondary N) is 1. The number of nitriles is 1. The van der Waals surface area contributed by atoms with Gasteiger partial charge in [-0.1, -0.05) is 20.8 Å². The molecule has 0 saturated carbocycles. The third kappa shape index (κ3) is 3.75. The normalized spacial score (nSPS) is 13.0. The van der Waals surface area contributed by atoms with Crippen molar-refractivity contribution in [1.29, 1.82) is 5.26 Å². The first-order chi connectivity index (χ1) is 7.06. The molecule has 0 spiro atoms. The number of amides is 1. The van der Waals surface area contributed by atoms with E-state index in [1.165, 1.54) is 0 Å². The molecule has 0 aliphatic rings. The second kappa shape index (κ2) is 6.73. The van der Waals surface area contributed by atoms with Gasteiger partial charge in [0.2, 0.25) is 5.91 Å². The minimum absolute atomic E-state index is 0.129. The van der Waals surface area contributed by atoms with Crippen molar-refractivity contribution in [2.75, 3.05) is 12.8 Å². The number of hydrogen-bond donors (Lipinski definition) is 1. The number of carbonyl (C=O) groups excluding carboxylic acids is 1. The van der Waals surface area contributed by atoms with Crippen LogP contribution in [0.5, 0.6) is 0 Å². The van der Waals surface area contributed by atoms with Gasteiger partial charge in [0, 0.05) is 11.8 Å². The van der Waals surface area contributed by atoms with Crippen LogP contribution in [0.3, 0.4) is 0 Å². The lowest BCUT2D eigenvalue weighted by Crippen LogP contribution is -2.41. The Bertz CT molecular complexity index is 243. The summed E-state index contributed by atoms with van der Waals surface area (Å²) in [6.45, 7) is 6.44. The average Bonchev–Trinajstić information content (AvgIpc) is 2.28. The fourth-order valence-corrected chi connectivity index (χ4v) is 1.52. The van der Waals surface area contributed by atoms with Crippen molar-refractivity contribution in [2.45, 2.75) is 38.9 Å². The Morgan fingerprint density at radius 3 is 2.40 bits per heavy atom.